The van der Waals surface area contributed by atoms with Crippen LogP contribution in [0.3, 0.4) is 0 Å². The highest BCUT2D eigenvalue weighted by Gasteiger charge is 2.44. The number of halogens is 2. The first kappa shape index (κ1) is 19.2. The van der Waals surface area contributed by atoms with Crippen LogP contribution < -0.4 is 10.1 Å². The standard InChI is InChI=1S/C19H21F2N3O3/c1-13(24-10-9-19(20,21)16(25)12-24)18(26)23-17-8-7-15(11-22-17)27-14-5-3-2-4-6-14/h2-8,11,13,16,25H,9-10,12H2,1H3,(H,22,23,26). The summed E-state index contributed by atoms with van der Waals surface area (Å²) < 4.78 is 32.4. The average molecular weight is 377 g/mol. The van der Waals surface area contributed by atoms with Crippen molar-refractivity contribution in [3.8, 4) is 11.5 Å². The lowest BCUT2D eigenvalue weighted by molar-refractivity contribution is -0.155. The molecule has 1 aromatic heterocycles. The number of nitrogens with zero attached hydrogens (tertiary/aromatic N) is 2. The highest BCUT2D eigenvalue weighted by Crippen LogP contribution is 2.29. The van der Waals surface area contributed by atoms with Crippen LogP contribution in [0.1, 0.15) is 13.3 Å². The largest absolute Gasteiger partial charge is 0.456 e. The number of carbonyl (C=O) groups excluding carboxylic acids is 1. The van der Waals surface area contributed by atoms with E-state index in [1.165, 1.54) is 11.1 Å². The number of nitrogens with one attached hydrogen (secondary N) is 1. The van der Waals surface area contributed by atoms with Gasteiger partial charge in [0.1, 0.15) is 23.4 Å². The number of carbonyl (C=O) groups is 1. The maximum atomic E-state index is 13.4. The number of likely N-dealkylation sites (tertiary alicyclic amines) is 1. The van der Waals surface area contributed by atoms with E-state index in [4.69, 9.17) is 4.74 Å². The number of pyridine rings is 1. The predicted molar refractivity (Wildman–Crippen MR) is 96.0 cm³/mol. The minimum absolute atomic E-state index is 0.0376. The van der Waals surface area contributed by atoms with Gasteiger partial charge in [0.25, 0.3) is 5.92 Å². The van der Waals surface area contributed by atoms with E-state index >= 15 is 0 Å². The Morgan fingerprint density at radius 3 is 2.67 bits per heavy atom. The molecule has 1 aromatic carbocycles. The third-order valence-electron chi connectivity index (χ3n) is 4.52. The number of benzene rings is 1. The fraction of sp³-hybridized carbons (Fsp3) is 0.368. The van der Waals surface area contributed by atoms with E-state index in [9.17, 15) is 18.7 Å². The van der Waals surface area contributed by atoms with Crippen LogP contribution in [-0.4, -0.2) is 52.1 Å². The lowest BCUT2D eigenvalue weighted by Gasteiger charge is -2.38. The van der Waals surface area contributed by atoms with Crippen molar-refractivity contribution in [3.05, 3.63) is 48.7 Å². The summed E-state index contributed by atoms with van der Waals surface area (Å²) in [6.07, 6.45) is -0.761. The van der Waals surface area contributed by atoms with Crippen LogP contribution in [-0.2, 0) is 4.79 Å². The molecule has 0 aliphatic carbocycles. The van der Waals surface area contributed by atoms with Crippen LogP contribution in [0.25, 0.3) is 0 Å². The van der Waals surface area contributed by atoms with Crippen LogP contribution in [0.15, 0.2) is 48.7 Å². The number of ether oxygens (including phenoxy) is 1. The number of hydrogen-bond acceptors (Lipinski definition) is 5. The van der Waals surface area contributed by atoms with Gasteiger partial charge in [0.05, 0.1) is 12.2 Å². The van der Waals surface area contributed by atoms with Crippen LogP contribution in [0.4, 0.5) is 14.6 Å². The van der Waals surface area contributed by atoms with Crippen molar-refractivity contribution in [2.75, 3.05) is 18.4 Å². The number of aliphatic hydroxyl groups is 1. The molecule has 144 valence electrons. The number of piperidine rings is 1. The average Bonchev–Trinajstić information content (AvgIpc) is 2.66. The van der Waals surface area contributed by atoms with Crippen molar-refractivity contribution in [1.29, 1.82) is 0 Å². The van der Waals surface area contributed by atoms with E-state index < -0.39 is 24.5 Å². The zero-order valence-corrected chi connectivity index (χ0v) is 14.8. The molecule has 1 fully saturated rings. The quantitative estimate of drug-likeness (QED) is 0.838. The number of aromatic nitrogens is 1. The first-order valence-electron chi connectivity index (χ1n) is 8.65. The third-order valence-corrected chi connectivity index (χ3v) is 4.52. The molecule has 8 heteroatoms. The maximum Gasteiger partial charge on any atom is 0.275 e. The zero-order valence-electron chi connectivity index (χ0n) is 14.8. The van der Waals surface area contributed by atoms with Crippen molar-refractivity contribution < 1.29 is 23.4 Å². The molecule has 2 unspecified atom stereocenters. The second-order valence-electron chi connectivity index (χ2n) is 6.48. The molecular formula is C19H21F2N3O3. The molecule has 1 aliphatic rings. The van der Waals surface area contributed by atoms with E-state index in [2.05, 4.69) is 10.3 Å². The molecule has 0 saturated carbocycles. The van der Waals surface area contributed by atoms with Gasteiger partial charge in [-0.15, -0.1) is 0 Å². The molecule has 0 spiro atoms. The molecule has 2 heterocycles. The van der Waals surface area contributed by atoms with Gasteiger partial charge in [-0.05, 0) is 31.2 Å². The van der Waals surface area contributed by atoms with Gasteiger partial charge in [-0.1, -0.05) is 18.2 Å². The highest BCUT2D eigenvalue weighted by molar-refractivity contribution is 5.93. The summed E-state index contributed by atoms with van der Waals surface area (Å²) in [4.78, 5) is 18.0. The summed E-state index contributed by atoms with van der Waals surface area (Å²) in [6.45, 7) is 1.40. The number of alkyl halides is 2. The van der Waals surface area contributed by atoms with E-state index in [1.807, 2.05) is 30.3 Å². The van der Waals surface area contributed by atoms with Crippen molar-refractivity contribution in [1.82, 2.24) is 9.88 Å². The van der Waals surface area contributed by atoms with Gasteiger partial charge < -0.3 is 15.2 Å². The molecule has 1 amide bonds. The Morgan fingerprint density at radius 1 is 1.30 bits per heavy atom. The second-order valence-corrected chi connectivity index (χ2v) is 6.48. The third kappa shape index (κ3) is 4.78. The van der Waals surface area contributed by atoms with Gasteiger partial charge in [-0.3, -0.25) is 9.69 Å². The summed E-state index contributed by atoms with van der Waals surface area (Å²) in [5, 5.41) is 12.2. The Morgan fingerprint density at radius 2 is 2.04 bits per heavy atom. The maximum absolute atomic E-state index is 13.4. The van der Waals surface area contributed by atoms with E-state index in [0.717, 1.165) is 0 Å². The zero-order chi connectivity index (χ0) is 19.4. The fourth-order valence-electron chi connectivity index (χ4n) is 2.79. The molecule has 27 heavy (non-hydrogen) atoms. The van der Waals surface area contributed by atoms with Crippen LogP contribution in [0.2, 0.25) is 0 Å². The molecule has 2 atom stereocenters. The minimum atomic E-state index is -3.11. The number of anilines is 1. The molecule has 0 radical (unpaired) electrons. The van der Waals surface area contributed by atoms with Gasteiger partial charge in [0.15, 0.2) is 0 Å². The van der Waals surface area contributed by atoms with Crippen LogP contribution in [0.5, 0.6) is 11.5 Å². The molecule has 2 N–H and O–H groups in total. The van der Waals surface area contributed by atoms with Crippen molar-refractivity contribution >= 4 is 11.7 Å². The summed E-state index contributed by atoms with van der Waals surface area (Å²) >= 11 is 0. The van der Waals surface area contributed by atoms with Gasteiger partial charge in [0, 0.05) is 19.5 Å². The first-order valence-corrected chi connectivity index (χ1v) is 8.65. The number of amides is 1. The molecule has 1 aliphatic heterocycles. The number of rotatable bonds is 5. The lowest BCUT2D eigenvalue weighted by atomic mass is 10.0. The smallest absolute Gasteiger partial charge is 0.275 e. The fourth-order valence-corrected chi connectivity index (χ4v) is 2.79. The topological polar surface area (TPSA) is 74.7 Å². The molecule has 0 bridgehead atoms. The van der Waals surface area contributed by atoms with E-state index in [1.54, 1.807) is 19.1 Å². The Bertz CT molecular complexity index is 772. The summed E-state index contributed by atoms with van der Waals surface area (Å²) in [6, 6.07) is 11.8. The van der Waals surface area contributed by atoms with Crippen molar-refractivity contribution in [3.63, 3.8) is 0 Å². The summed E-state index contributed by atoms with van der Waals surface area (Å²) in [5.74, 6) is -1.96. The van der Waals surface area contributed by atoms with E-state index in [0.29, 0.717) is 17.3 Å². The van der Waals surface area contributed by atoms with Crippen molar-refractivity contribution in [2.45, 2.75) is 31.4 Å². The van der Waals surface area contributed by atoms with Crippen LogP contribution >= 0.6 is 0 Å². The number of hydrogen-bond donors (Lipinski definition) is 2. The lowest BCUT2D eigenvalue weighted by Crippen LogP contribution is -2.55. The summed E-state index contributed by atoms with van der Waals surface area (Å²) in [5.41, 5.74) is 0. The van der Waals surface area contributed by atoms with Gasteiger partial charge in [-0.2, -0.15) is 0 Å². The monoisotopic (exact) mass is 377 g/mol. The number of aliphatic hydroxyl groups excluding tert-OH is 1. The SMILES string of the molecule is CC(C(=O)Nc1ccc(Oc2ccccc2)cn1)N1CCC(F)(F)C(O)C1. The Balaban J connectivity index is 1.56. The minimum Gasteiger partial charge on any atom is -0.456 e. The normalized spacial score (nSPS) is 20.7. The van der Waals surface area contributed by atoms with Gasteiger partial charge in [0.2, 0.25) is 5.91 Å². The molecule has 1 saturated heterocycles. The van der Waals surface area contributed by atoms with Crippen LogP contribution in [0, 0.1) is 0 Å². The predicted octanol–water partition coefficient (Wildman–Crippen LogP) is 2.90. The number of β-amino-alcohol motifs (C(OH)–C–C–N with tert-alkyl or cyclic N) is 1. The molecule has 2 aromatic rings. The highest BCUT2D eigenvalue weighted by atomic mass is 19.3. The Kier molecular flexibility index (Phi) is 5.67. The molecule has 6 nitrogen and oxygen atoms in total. The second kappa shape index (κ2) is 7.98. The van der Waals surface area contributed by atoms with Crippen molar-refractivity contribution in [2.24, 2.45) is 0 Å². The Labute approximate surface area is 155 Å². The molecule has 3 rings (SSSR count). The summed E-state index contributed by atoms with van der Waals surface area (Å²) in [7, 11) is 0. The number of para-hydroxylation sites is 1. The van der Waals surface area contributed by atoms with Gasteiger partial charge >= 0.3 is 0 Å². The van der Waals surface area contributed by atoms with E-state index in [-0.39, 0.29) is 19.0 Å². The molecular weight excluding hydrogens is 356 g/mol. The Hall–Kier alpha value is -2.58. The first-order chi connectivity index (χ1) is 12.8. The van der Waals surface area contributed by atoms with Gasteiger partial charge in [-0.25, -0.2) is 13.8 Å².